The highest BCUT2D eigenvalue weighted by Crippen LogP contribution is 2.33. The van der Waals surface area contributed by atoms with E-state index >= 15 is 0 Å². The van der Waals surface area contributed by atoms with Gasteiger partial charge >= 0.3 is 0 Å². The van der Waals surface area contributed by atoms with Crippen molar-refractivity contribution in [3.63, 3.8) is 0 Å². The van der Waals surface area contributed by atoms with Crippen LogP contribution in [0, 0.1) is 5.92 Å². The molecule has 12 nitrogen and oxygen atoms in total. The number of thiazole rings is 1. The van der Waals surface area contributed by atoms with E-state index < -0.39 is 11.0 Å². The maximum Gasteiger partial charge on any atom is 0.249 e. The van der Waals surface area contributed by atoms with Crippen LogP contribution in [0.2, 0.25) is 0 Å². The average molecular weight is 776 g/mol. The van der Waals surface area contributed by atoms with Crippen molar-refractivity contribution < 1.29 is 13.8 Å². The van der Waals surface area contributed by atoms with Gasteiger partial charge in [-0.15, -0.1) is 11.3 Å². The average Bonchev–Trinajstić information content (AvgIpc) is 3.67. The maximum atomic E-state index is 13.7. The molecule has 0 saturated carbocycles. The van der Waals surface area contributed by atoms with Crippen molar-refractivity contribution in [1.82, 2.24) is 19.5 Å². The number of nitrogens with two attached hydrogens (primary N) is 1. The van der Waals surface area contributed by atoms with Crippen molar-refractivity contribution >= 4 is 57.0 Å². The van der Waals surface area contributed by atoms with E-state index in [2.05, 4.69) is 84.2 Å². The Kier molecular flexibility index (Phi) is 14.1. The number of carbonyl (C=O) groups is 2. The molecule has 0 bridgehead atoms. The van der Waals surface area contributed by atoms with Crippen LogP contribution < -0.4 is 26.6 Å². The topological polar surface area (TPSA) is 148 Å². The molecular formula is C40H57N9O3S2. The Morgan fingerprint density at radius 1 is 1.04 bits per heavy atom. The lowest BCUT2D eigenvalue weighted by Crippen LogP contribution is -2.41. The molecule has 0 aliphatic carbocycles. The van der Waals surface area contributed by atoms with Gasteiger partial charge in [-0.25, -0.2) is 13.5 Å². The first-order valence-electron chi connectivity index (χ1n) is 19.5. The number of rotatable bonds is 15. The van der Waals surface area contributed by atoms with E-state index in [1.807, 2.05) is 25.4 Å². The third-order valence-electron chi connectivity index (χ3n) is 11.1. The molecule has 2 aromatic carbocycles. The van der Waals surface area contributed by atoms with Crippen molar-refractivity contribution in [2.24, 2.45) is 16.6 Å². The van der Waals surface area contributed by atoms with Crippen molar-refractivity contribution in [2.75, 3.05) is 74.9 Å². The van der Waals surface area contributed by atoms with Crippen LogP contribution in [0.25, 0.3) is 0 Å². The van der Waals surface area contributed by atoms with E-state index in [-0.39, 0.29) is 24.7 Å². The van der Waals surface area contributed by atoms with Crippen LogP contribution in [-0.4, -0.2) is 102 Å². The SMILES string of the molecule is CNc1cc(C2CCN(CC3CCN(c4cccc(S(=O)N5CCC(Nc6ncc(C(C)C)s6)CC5)c4)CC3)CC2)ccc1C(N)=NC(=O)CCNC=O. The zero-order valence-electron chi connectivity index (χ0n) is 32.0. The highest BCUT2D eigenvalue weighted by Gasteiger charge is 2.28. The van der Waals surface area contributed by atoms with Crippen molar-refractivity contribution in [3.05, 3.63) is 64.7 Å². The molecule has 0 spiro atoms. The second-order valence-corrected chi connectivity index (χ2v) is 17.6. The number of nitrogens with zero attached hydrogens (tertiary/aromatic N) is 5. The summed E-state index contributed by atoms with van der Waals surface area (Å²) in [6.45, 7) is 11.6. The van der Waals surface area contributed by atoms with E-state index in [9.17, 15) is 13.8 Å². The van der Waals surface area contributed by atoms with Crippen LogP contribution >= 0.6 is 11.3 Å². The smallest absolute Gasteiger partial charge is 0.249 e. The van der Waals surface area contributed by atoms with Gasteiger partial charge in [-0.3, -0.25) is 9.59 Å². The summed E-state index contributed by atoms with van der Waals surface area (Å²) in [7, 11) is 0.689. The highest BCUT2D eigenvalue weighted by atomic mass is 32.2. The summed E-state index contributed by atoms with van der Waals surface area (Å²) >= 11 is 1.74. The van der Waals surface area contributed by atoms with Crippen LogP contribution in [0.3, 0.4) is 0 Å². The minimum absolute atomic E-state index is 0.106. The minimum atomic E-state index is -1.16. The van der Waals surface area contributed by atoms with E-state index in [1.54, 1.807) is 11.3 Å². The Labute approximate surface area is 327 Å². The fraction of sp³-hybridized carbons (Fsp3) is 0.550. The molecule has 3 fully saturated rings. The fourth-order valence-electron chi connectivity index (χ4n) is 7.82. The Balaban J connectivity index is 0.932. The first kappa shape index (κ1) is 39.8. The first-order chi connectivity index (χ1) is 26.2. The monoisotopic (exact) mass is 775 g/mol. The number of piperidine rings is 3. The lowest BCUT2D eigenvalue weighted by molar-refractivity contribution is -0.117. The summed E-state index contributed by atoms with van der Waals surface area (Å²) in [4.78, 5) is 38.5. The molecule has 0 radical (unpaired) electrons. The standard InChI is InChI=1S/C40H57N9O3S2/c1-28(2)37-25-44-40(53-37)45-32-14-21-49(22-15-32)54(52)34-6-4-5-33(24-34)48-19-10-29(11-20-48)26-47-17-12-30(13-18-47)31-7-8-35(36(23-31)42-3)39(41)46-38(51)9-16-43-27-50/h4-8,23-25,27-30,32,42H,9-22,26H2,1-3H3,(H,43,50)(H,44,45)(H2,41,46,51). The van der Waals surface area contributed by atoms with E-state index in [1.165, 1.54) is 16.1 Å². The maximum absolute atomic E-state index is 13.7. The number of benzene rings is 2. The molecule has 5 N–H and O–H groups in total. The molecular weight excluding hydrogens is 719 g/mol. The van der Waals surface area contributed by atoms with Gasteiger partial charge in [-0.2, -0.15) is 4.99 Å². The molecule has 14 heteroatoms. The number of hydrogen-bond acceptors (Lipinski definition) is 9. The quantitative estimate of drug-likeness (QED) is 0.0693. The summed E-state index contributed by atoms with van der Waals surface area (Å²) < 4.78 is 15.8. The highest BCUT2D eigenvalue weighted by molar-refractivity contribution is 7.82. The molecule has 6 rings (SSSR count). The lowest BCUT2D eigenvalue weighted by atomic mass is 9.87. The van der Waals surface area contributed by atoms with Crippen LogP contribution in [0.5, 0.6) is 0 Å². The molecule has 4 heterocycles. The zero-order chi connectivity index (χ0) is 38.0. The number of amides is 2. The van der Waals surface area contributed by atoms with Gasteiger partial charge < -0.3 is 31.5 Å². The summed E-state index contributed by atoms with van der Waals surface area (Å²) in [5.74, 6) is 1.46. The van der Waals surface area contributed by atoms with Gasteiger partial charge in [0.2, 0.25) is 12.3 Å². The van der Waals surface area contributed by atoms with E-state index in [4.69, 9.17) is 5.73 Å². The summed E-state index contributed by atoms with van der Waals surface area (Å²) in [6.07, 6.45) is 9.11. The van der Waals surface area contributed by atoms with Gasteiger partial charge in [-0.1, -0.05) is 26.0 Å². The van der Waals surface area contributed by atoms with Crippen LogP contribution in [0.15, 0.2) is 58.5 Å². The molecule has 3 aliphatic rings. The largest absolute Gasteiger partial charge is 0.388 e. The first-order valence-corrected chi connectivity index (χ1v) is 21.5. The second-order valence-electron chi connectivity index (χ2n) is 15.1. The number of amidine groups is 1. The molecule has 3 aliphatic heterocycles. The number of likely N-dealkylation sites (tertiary alicyclic amines) is 1. The summed E-state index contributed by atoms with van der Waals surface area (Å²) in [5, 5.41) is 10.3. The van der Waals surface area contributed by atoms with Gasteiger partial charge in [0.1, 0.15) is 16.8 Å². The van der Waals surface area contributed by atoms with Gasteiger partial charge in [-0.05, 0) is 105 Å². The Hall–Kier alpha value is -3.85. The van der Waals surface area contributed by atoms with Crippen LogP contribution in [-0.2, 0) is 20.6 Å². The Morgan fingerprint density at radius 2 is 1.80 bits per heavy atom. The zero-order valence-corrected chi connectivity index (χ0v) is 33.6. The number of carbonyl (C=O) groups excluding carboxylic acids is 2. The third kappa shape index (κ3) is 10.5. The molecule has 1 unspecified atom stereocenters. The molecule has 3 saturated heterocycles. The fourth-order valence-corrected chi connectivity index (χ4v) is 9.97. The van der Waals surface area contributed by atoms with Crippen molar-refractivity contribution in [1.29, 1.82) is 0 Å². The number of anilines is 3. The number of nitrogens with one attached hydrogen (secondary N) is 3. The molecule has 54 heavy (non-hydrogen) atoms. The normalized spacial score (nSPS) is 19.2. The molecule has 292 valence electrons. The predicted molar refractivity (Wildman–Crippen MR) is 221 cm³/mol. The molecule has 2 amide bonds. The van der Waals surface area contributed by atoms with Crippen molar-refractivity contribution in [3.8, 4) is 0 Å². The minimum Gasteiger partial charge on any atom is -0.388 e. The van der Waals surface area contributed by atoms with E-state index in [0.717, 1.165) is 100 Å². The van der Waals surface area contributed by atoms with Crippen molar-refractivity contribution in [2.45, 2.75) is 81.6 Å². The number of hydrogen-bond donors (Lipinski definition) is 4. The molecule has 3 aromatic rings. The Morgan fingerprint density at radius 3 is 2.48 bits per heavy atom. The summed E-state index contributed by atoms with van der Waals surface area (Å²) in [5.41, 5.74) is 10.2. The van der Waals surface area contributed by atoms with Crippen LogP contribution in [0.1, 0.15) is 86.6 Å². The number of aromatic nitrogens is 1. The van der Waals surface area contributed by atoms with E-state index in [0.29, 0.717) is 35.8 Å². The van der Waals surface area contributed by atoms with Gasteiger partial charge in [0.25, 0.3) is 0 Å². The van der Waals surface area contributed by atoms with Gasteiger partial charge in [0.05, 0.1) is 4.90 Å². The predicted octanol–water partition coefficient (Wildman–Crippen LogP) is 5.37. The van der Waals surface area contributed by atoms with Gasteiger partial charge in [0, 0.05) is 86.8 Å². The number of aliphatic imine (C=N–C) groups is 1. The third-order valence-corrected chi connectivity index (χ3v) is 13.8. The Bertz CT molecular complexity index is 1760. The summed E-state index contributed by atoms with van der Waals surface area (Å²) in [6, 6.07) is 15.0. The van der Waals surface area contributed by atoms with Crippen LogP contribution in [0.4, 0.5) is 16.5 Å². The van der Waals surface area contributed by atoms with Gasteiger partial charge in [0.15, 0.2) is 5.13 Å². The lowest BCUT2D eigenvalue weighted by Gasteiger charge is -2.38. The molecule has 1 atom stereocenters. The molecule has 1 aromatic heterocycles. The second kappa shape index (κ2) is 19.1.